The molecule has 6 nitrogen and oxygen atoms in total. The molecule has 1 heterocycles. The van der Waals surface area contributed by atoms with Gasteiger partial charge in [-0.15, -0.1) is 0 Å². The highest BCUT2D eigenvalue weighted by Gasteiger charge is 2.22. The molecule has 2 aromatic carbocycles. The molecular weight excluding hydrogens is 438 g/mol. The van der Waals surface area contributed by atoms with Crippen molar-refractivity contribution in [2.75, 3.05) is 23.9 Å². The van der Waals surface area contributed by atoms with Crippen LogP contribution in [0.5, 0.6) is 5.75 Å². The number of hydrogen-bond acceptors (Lipinski definition) is 5. The predicted octanol–water partition coefficient (Wildman–Crippen LogP) is 6.23. The zero-order valence-electron chi connectivity index (χ0n) is 21.1. The van der Waals surface area contributed by atoms with Gasteiger partial charge in [0.1, 0.15) is 5.75 Å². The van der Waals surface area contributed by atoms with Crippen LogP contribution < -0.4 is 20.4 Å². The van der Waals surface area contributed by atoms with Crippen molar-refractivity contribution in [2.45, 2.75) is 52.4 Å². The third-order valence-electron chi connectivity index (χ3n) is 6.45. The van der Waals surface area contributed by atoms with Gasteiger partial charge in [-0.2, -0.15) is 0 Å². The van der Waals surface area contributed by atoms with Crippen molar-refractivity contribution in [3.63, 3.8) is 0 Å². The summed E-state index contributed by atoms with van der Waals surface area (Å²) in [4.78, 5) is 13.5. The molecule has 35 heavy (non-hydrogen) atoms. The van der Waals surface area contributed by atoms with Gasteiger partial charge in [0.25, 0.3) is 0 Å². The number of unbranched alkanes of at least 4 members (excludes halogenated alkanes) is 2. The fraction of sp³-hybridized carbons (Fsp3) is 0.345. The maximum Gasteiger partial charge on any atom is 0.243 e. The first kappa shape index (κ1) is 26.1. The standard InChI is InChI=1S/C29H37N3O3/c1-6-22-17-23(18-28(35-5)24(22)7-2)30-21(4)26-19-32(16-12-8-9-15-29(33)31-34)27-14-11-10-13-25(27)20(26)3/h10-11,13-14,17-19,30,34H,3-4,6-9,12,15-16H2,1-2,5H3,(H,31,33). The lowest BCUT2D eigenvalue weighted by molar-refractivity contribution is -0.129. The molecule has 3 N–H and O–H groups in total. The number of allylic oxidation sites excluding steroid dienone is 1. The van der Waals surface area contributed by atoms with Crippen LogP contribution in [0.1, 0.15) is 56.2 Å². The van der Waals surface area contributed by atoms with E-state index in [0.29, 0.717) is 6.42 Å². The Morgan fingerprint density at radius 2 is 1.89 bits per heavy atom. The molecule has 0 unspecified atom stereocenters. The number of nitrogens with zero attached hydrogens (tertiary/aromatic N) is 1. The van der Waals surface area contributed by atoms with Gasteiger partial charge in [0.2, 0.25) is 5.91 Å². The normalized spacial score (nSPS) is 12.6. The third kappa shape index (κ3) is 6.14. The Morgan fingerprint density at radius 1 is 1.11 bits per heavy atom. The number of hydroxylamine groups is 1. The van der Waals surface area contributed by atoms with E-state index in [1.165, 1.54) is 11.1 Å². The van der Waals surface area contributed by atoms with Crippen LogP contribution in [0.4, 0.5) is 11.4 Å². The van der Waals surface area contributed by atoms with Gasteiger partial charge < -0.3 is 15.0 Å². The van der Waals surface area contributed by atoms with Gasteiger partial charge in [0.15, 0.2) is 0 Å². The fourth-order valence-corrected chi connectivity index (χ4v) is 4.59. The molecule has 0 bridgehead atoms. The Morgan fingerprint density at radius 3 is 2.57 bits per heavy atom. The molecule has 2 aromatic rings. The van der Waals surface area contributed by atoms with Gasteiger partial charge in [0.05, 0.1) is 7.11 Å². The van der Waals surface area contributed by atoms with Gasteiger partial charge in [-0.25, -0.2) is 5.48 Å². The molecule has 1 aliphatic rings. The van der Waals surface area contributed by atoms with Crippen LogP contribution in [0, 0.1) is 0 Å². The van der Waals surface area contributed by atoms with Crippen molar-refractivity contribution in [2.24, 2.45) is 0 Å². The Hall–Kier alpha value is -3.51. The van der Waals surface area contributed by atoms with E-state index in [-0.39, 0.29) is 5.91 Å². The monoisotopic (exact) mass is 475 g/mol. The molecule has 0 atom stereocenters. The third-order valence-corrected chi connectivity index (χ3v) is 6.45. The number of rotatable bonds is 12. The Labute approximate surface area is 209 Å². The van der Waals surface area contributed by atoms with Crippen LogP contribution in [0.3, 0.4) is 0 Å². The molecule has 1 amide bonds. The highest BCUT2D eigenvalue weighted by molar-refractivity contribution is 5.92. The Kier molecular flexibility index (Phi) is 9.15. The number of para-hydroxylation sites is 1. The second-order valence-electron chi connectivity index (χ2n) is 8.70. The average molecular weight is 476 g/mol. The van der Waals surface area contributed by atoms with Crippen LogP contribution >= 0.6 is 0 Å². The van der Waals surface area contributed by atoms with Crippen molar-refractivity contribution in [1.29, 1.82) is 0 Å². The minimum Gasteiger partial charge on any atom is -0.496 e. The van der Waals surface area contributed by atoms with Crippen LogP contribution in [-0.4, -0.2) is 24.8 Å². The van der Waals surface area contributed by atoms with Gasteiger partial charge in [0, 0.05) is 53.4 Å². The number of carbonyl (C=O) groups is 1. The van der Waals surface area contributed by atoms with Gasteiger partial charge in [-0.3, -0.25) is 10.0 Å². The zero-order valence-corrected chi connectivity index (χ0v) is 21.1. The quantitative estimate of drug-likeness (QED) is 0.193. The number of amides is 1. The molecular formula is C29H37N3O3. The number of benzene rings is 2. The van der Waals surface area contributed by atoms with Crippen LogP contribution in [0.25, 0.3) is 5.57 Å². The molecule has 0 saturated carbocycles. The van der Waals surface area contributed by atoms with E-state index in [2.05, 4.69) is 61.6 Å². The minimum absolute atomic E-state index is 0.325. The highest BCUT2D eigenvalue weighted by atomic mass is 16.5. The second kappa shape index (κ2) is 12.3. The molecule has 0 saturated heterocycles. The summed E-state index contributed by atoms with van der Waals surface area (Å²) in [7, 11) is 1.71. The molecule has 0 spiro atoms. The van der Waals surface area contributed by atoms with Crippen molar-refractivity contribution in [3.05, 3.63) is 83.7 Å². The SMILES string of the molecule is C=C(Nc1cc(CC)c(CC)c(OC)c1)C1=CN(CCCCCC(=O)NO)c2ccccc2C1=C. The molecule has 0 fully saturated rings. The van der Waals surface area contributed by atoms with Crippen molar-refractivity contribution in [3.8, 4) is 5.75 Å². The van der Waals surface area contributed by atoms with E-state index < -0.39 is 0 Å². The Bertz CT molecular complexity index is 1090. The highest BCUT2D eigenvalue weighted by Crippen LogP contribution is 2.39. The number of nitrogens with one attached hydrogen (secondary N) is 2. The summed E-state index contributed by atoms with van der Waals surface area (Å²) in [5.41, 5.74) is 10.0. The van der Waals surface area contributed by atoms with Crippen molar-refractivity contribution < 1.29 is 14.7 Å². The van der Waals surface area contributed by atoms with Crippen LogP contribution in [0.15, 0.2) is 67.0 Å². The van der Waals surface area contributed by atoms with Crippen molar-refractivity contribution in [1.82, 2.24) is 5.48 Å². The summed E-state index contributed by atoms with van der Waals surface area (Å²) in [5.74, 6) is 0.546. The topological polar surface area (TPSA) is 73.8 Å². The van der Waals surface area contributed by atoms with Gasteiger partial charge in [-0.1, -0.05) is 51.6 Å². The summed E-state index contributed by atoms with van der Waals surface area (Å²) >= 11 is 0. The zero-order chi connectivity index (χ0) is 25.4. The lowest BCUT2D eigenvalue weighted by Gasteiger charge is -2.31. The summed E-state index contributed by atoms with van der Waals surface area (Å²) < 4.78 is 5.67. The van der Waals surface area contributed by atoms with E-state index in [9.17, 15) is 4.79 Å². The Balaban J connectivity index is 1.80. The molecule has 0 aliphatic carbocycles. The number of carbonyl (C=O) groups excluding carboxylic acids is 1. The molecule has 0 radical (unpaired) electrons. The number of ether oxygens (including phenoxy) is 1. The number of aryl methyl sites for hydroxylation is 1. The first-order valence-corrected chi connectivity index (χ1v) is 12.3. The summed E-state index contributed by atoms with van der Waals surface area (Å²) in [6, 6.07) is 12.5. The van der Waals surface area contributed by atoms with Crippen molar-refractivity contribution >= 4 is 22.9 Å². The fourth-order valence-electron chi connectivity index (χ4n) is 4.59. The van der Waals surface area contributed by atoms with E-state index in [1.54, 1.807) is 12.6 Å². The van der Waals surface area contributed by atoms with E-state index in [4.69, 9.17) is 9.94 Å². The molecule has 186 valence electrons. The van der Waals surface area contributed by atoms with Gasteiger partial charge in [-0.05, 0) is 54.5 Å². The largest absolute Gasteiger partial charge is 0.496 e. The lowest BCUT2D eigenvalue weighted by atomic mass is 9.92. The van der Waals surface area contributed by atoms with Gasteiger partial charge >= 0.3 is 0 Å². The number of methoxy groups -OCH3 is 1. The maximum absolute atomic E-state index is 11.2. The first-order valence-electron chi connectivity index (χ1n) is 12.3. The average Bonchev–Trinajstić information content (AvgIpc) is 2.88. The molecule has 3 rings (SSSR count). The smallest absolute Gasteiger partial charge is 0.243 e. The molecule has 0 aromatic heterocycles. The van der Waals surface area contributed by atoms with E-state index >= 15 is 0 Å². The lowest BCUT2D eigenvalue weighted by Crippen LogP contribution is -2.24. The number of fused-ring (bicyclic) bond motifs is 1. The minimum atomic E-state index is -0.344. The van der Waals surface area contributed by atoms with Crippen LogP contribution in [0.2, 0.25) is 0 Å². The first-order chi connectivity index (χ1) is 16.9. The predicted molar refractivity (Wildman–Crippen MR) is 144 cm³/mol. The summed E-state index contributed by atoms with van der Waals surface area (Å²) in [6.07, 6.45) is 6.82. The molecule has 6 heteroatoms. The number of anilines is 2. The van der Waals surface area contributed by atoms with Crippen LogP contribution in [-0.2, 0) is 17.6 Å². The number of hydrogen-bond donors (Lipinski definition) is 3. The maximum atomic E-state index is 11.2. The molecule has 1 aliphatic heterocycles. The second-order valence-corrected chi connectivity index (χ2v) is 8.70. The summed E-state index contributed by atoms with van der Waals surface area (Å²) in [6.45, 7) is 13.8. The van der Waals surface area contributed by atoms with E-state index in [1.807, 2.05) is 18.2 Å². The van der Waals surface area contributed by atoms with E-state index in [0.717, 1.165) is 78.2 Å². The summed E-state index contributed by atoms with van der Waals surface area (Å²) in [5, 5.41) is 12.1.